The highest BCUT2D eigenvalue weighted by molar-refractivity contribution is 7.80. The smallest absolute Gasteiger partial charge is 0.329 e. The highest BCUT2D eigenvalue weighted by Crippen LogP contribution is 2.08. The van der Waals surface area contributed by atoms with Crippen molar-refractivity contribution >= 4 is 30.2 Å². The summed E-state index contributed by atoms with van der Waals surface area (Å²) in [5.41, 5.74) is -0.143. The molecule has 1 N–H and O–H groups in total. The van der Waals surface area contributed by atoms with Gasteiger partial charge in [0, 0.05) is 18.7 Å². The second kappa shape index (κ2) is 8.25. The third-order valence-corrected chi connectivity index (χ3v) is 2.85. The monoisotopic (exact) mass is 316 g/mol. The van der Waals surface area contributed by atoms with Crippen molar-refractivity contribution in [3.8, 4) is 0 Å². The molecule has 9 nitrogen and oxygen atoms in total. The number of hydrogen-bond acceptors (Lipinski definition) is 7. The lowest BCUT2D eigenvalue weighted by molar-refractivity contribution is -0.385. The summed E-state index contributed by atoms with van der Waals surface area (Å²) in [4.78, 5) is 33.1. The molecule has 0 aliphatic rings. The van der Waals surface area contributed by atoms with Crippen molar-refractivity contribution < 1.29 is 19.2 Å². The van der Waals surface area contributed by atoms with Crippen LogP contribution >= 0.6 is 12.6 Å². The molecular formula is C11H16N4O5S. The Kier molecular flexibility index (Phi) is 6.66. The van der Waals surface area contributed by atoms with Crippen LogP contribution in [0.5, 0.6) is 0 Å². The SMILES string of the molecule is CCOC(=O)[C@H](CS)NC(=O)CCn1cc([N+](=O)[O-])cn1. The van der Waals surface area contributed by atoms with E-state index in [4.69, 9.17) is 4.74 Å². The van der Waals surface area contributed by atoms with E-state index in [1.165, 1.54) is 10.9 Å². The van der Waals surface area contributed by atoms with Crippen LogP contribution in [0.4, 0.5) is 5.69 Å². The van der Waals surface area contributed by atoms with Crippen LogP contribution in [-0.4, -0.2) is 45.0 Å². The van der Waals surface area contributed by atoms with Crippen LogP contribution in [0.2, 0.25) is 0 Å². The quantitative estimate of drug-likeness (QED) is 0.305. The number of aromatic nitrogens is 2. The van der Waals surface area contributed by atoms with E-state index in [1.807, 2.05) is 0 Å². The Hall–Kier alpha value is -2.10. The number of hydrogen-bond donors (Lipinski definition) is 2. The number of esters is 1. The molecule has 0 aliphatic carbocycles. The lowest BCUT2D eigenvalue weighted by atomic mass is 10.3. The van der Waals surface area contributed by atoms with E-state index >= 15 is 0 Å². The van der Waals surface area contributed by atoms with Gasteiger partial charge in [-0.05, 0) is 6.92 Å². The maximum atomic E-state index is 11.7. The van der Waals surface area contributed by atoms with Crippen LogP contribution in [0.3, 0.4) is 0 Å². The first-order valence-electron chi connectivity index (χ1n) is 6.21. The van der Waals surface area contributed by atoms with Crippen LogP contribution in [0.1, 0.15) is 13.3 Å². The van der Waals surface area contributed by atoms with Gasteiger partial charge in [0.05, 0.1) is 11.5 Å². The van der Waals surface area contributed by atoms with E-state index in [0.717, 1.165) is 6.20 Å². The number of nitrogens with zero attached hydrogens (tertiary/aromatic N) is 3. The fraction of sp³-hybridized carbons (Fsp3) is 0.545. The lowest BCUT2D eigenvalue weighted by Gasteiger charge is -2.14. The summed E-state index contributed by atoms with van der Waals surface area (Å²) in [5, 5.41) is 16.7. The van der Waals surface area contributed by atoms with E-state index in [1.54, 1.807) is 6.92 Å². The predicted molar refractivity (Wildman–Crippen MR) is 75.9 cm³/mol. The van der Waals surface area contributed by atoms with Crippen LogP contribution in [-0.2, 0) is 20.9 Å². The average molecular weight is 316 g/mol. The summed E-state index contributed by atoms with van der Waals surface area (Å²) in [6.07, 6.45) is 2.37. The first-order chi connectivity index (χ1) is 9.97. The minimum Gasteiger partial charge on any atom is -0.464 e. The second-order valence-corrected chi connectivity index (χ2v) is 4.39. The fourth-order valence-electron chi connectivity index (χ4n) is 1.47. The van der Waals surface area contributed by atoms with Gasteiger partial charge in [-0.15, -0.1) is 0 Å². The van der Waals surface area contributed by atoms with E-state index in [-0.39, 0.29) is 36.9 Å². The number of ether oxygens (including phenoxy) is 1. The van der Waals surface area contributed by atoms with Crippen molar-refractivity contribution in [3.05, 3.63) is 22.5 Å². The van der Waals surface area contributed by atoms with E-state index < -0.39 is 16.9 Å². The molecule has 1 heterocycles. The molecule has 0 fully saturated rings. The molecule has 0 spiro atoms. The highest BCUT2D eigenvalue weighted by Gasteiger charge is 2.20. The van der Waals surface area contributed by atoms with Gasteiger partial charge in [-0.2, -0.15) is 17.7 Å². The van der Waals surface area contributed by atoms with E-state index in [9.17, 15) is 19.7 Å². The van der Waals surface area contributed by atoms with Gasteiger partial charge in [-0.25, -0.2) is 4.79 Å². The zero-order valence-electron chi connectivity index (χ0n) is 11.4. The van der Waals surface area contributed by atoms with Gasteiger partial charge in [-0.3, -0.25) is 19.6 Å². The van der Waals surface area contributed by atoms with Crippen molar-refractivity contribution in [2.45, 2.75) is 25.9 Å². The number of carbonyl (C=O) groups is 2. The minimum absolute atomic E-state index is 0.0303. The molecule has 0 saturated carbocycles. The van der Waals surface area contributed by atoms with Crippen LogP contribution in [0.15, 0.2) is 12.4 Å². The molecule has 1 amide bonds. The summed E-state index contributed by atoms with van der Waals surface area (Å²) < 4.78 is 6.08. The van der Waals surface area contributed by atoms with Gasteiger partial charge in [0.2, 0.25) is 5.91 Å². The first-order valence-corrected chi connectivity index (χ1v) is 6.84. The lowest BCUT2D eigenvalue weighted by Crippen LogP contribution is -2.43. The molecule has 1 aromatic heterocycles. The van der Waals surface area contributed by atoms with Gasteiger partial charge >= 0.3 is 11.7 Å². The molecule has 0 aliphatic heterocycles. The Bertz CT molecular complexity index is 518. The van der Waals surface area contributed by atoms with Crippen LogP contribution in [0.25, 0.3) is 0 Å². The molecular weight excluding hydrogens is 300 g/mol. The number of nitro groups is 1. The zero-order valence-corrected chi connectivity index (χ0v) is 12.3. The number of rotatable bonds is 8. The van der Waals surface area contributed by atoms with Crippen molar-refractivity contribution in [1.29, 1.82) is 0 Å². The Balaban J connectivity index is 2.45. The molecule has 21 heavy (non-hydrogen) atoms. The summed E-state index contributed by atoms with van der Waals surface area (Å²) in [6, 6.07) is -0.812. The third kappa shape index (κ3) is 5.42. The standard InChI is InChI=1S/C11H16N4O5S/c1-2-20-11(17)9(7-21)13-10(16)3-4-14-6-8(5-12-14)15(18)19/h5-6,9,21H,2-4,7H2,1H3,(H,13,16)/t9-/m0/s1. The number of thiol groups is 1. The predicted octanol–water partition coefficient (Wildman–Crippen LogP) is 0.159. The Labute approximate surface area is 126 Å². The largest absolute Gasteiger partial charge is 0.464 e. The number of aryl methyl sites for hydroxylation is 1. The molecule has 116 valence electrons. The maximum Gasteiger partial charge on any atom is 0.329 e. The fourth-order valence-corrected chi connectivity index (χ4v) is 1.71. The molecule has 0 bridgehead atoms. The van der Waals surface area contributed by atoms with Gasteiger partial charge in [-0.1, -0.05) is 0 Å². The second-order valence-electron chi connectivity index (χ2n) is 4.02. The van der Waals surface area contributed by atoms with Gasteiger partial charge in [0.25, 0.3) is 0 Å². The Morgan fingerprint density at radius 1 is 1.62 bits per heavy atom. The third-order valence-electron chi connectivity index (χ3n) is 2.49. The normalized spacial score (nSPS) is 11.7. The maximum absolute atomic E-state index is 11.7. The van der Waals surface area contributed by atoms with Crippen LogP contribution in [0, 0.1) is 10.1 Å². The minimum atomic E-state index is -0.812. The molecule has 0 radical (unpaired) electrons. The molecule has 0 aromatic carbocycles. The van der Waals surface area contributed by atoms with Crippen molar-refractivity contribution in [3.63, 3.8) is 0 Å². The highest BCUT2D eigenvalue weighted by atomic mass is 32.1. The number of amides is 1. The first kappa shape index (κ1) is 17.0. The Morgan fingerprint density at radius 3 is 2.86 bits per heavy atom. The van der Waals surface area contributed by atoms with Crippen LogP contribution < -0.4 is 5.32 Å². The molecule has 0 saturated heterocycles. The summed E-state index contributed by atoms with van der Waals surface area (Å²) in [5.74, 6) is -0.812. The van der Waals surface area contributed by atoms with E-state index in [0.29, 0.717) is 0 Å². The molecule has 10 heteroatoms. The molecule has 1 aromatic rings. The summed E-state index contributed by atoms with van der Waals surface area (Å²) in [6.45, 7) is 2.05. The molecule has 1 atom stereocenters. The number of nitrogens with one attached hydrogen (secondary N) is 1. The summed E-state index contributed by atoms with van der Waals surface area (Å²) >= 11 is 3.98. The molecule has 1 rings (SSSR count). The van der Waals surface area contributed by atoms with Crippen molar-refractivity contribution in [1.82, 2.24) is 15.1 Å². The molecule has 0 unspecified atom stereocenters. The summed E-state index contributed by atoms with van der Waals surface area (Å²) in [7, 11) is 0. The van der Waals surface area contributed by atoms with Crippen molar-refractivity contribution in [2.24, 2.45) is 0 Å². The van der Waals surface area contributed by atoms with Crippen molar-refractivity contribution in [2.75, 3.05) is 12.4 Å². The van der Waals surface area contributed by atoms with Gasteiger partial charge in [0.1, 0.15) is 18.4 Å². The topological polar surface area (TPSA) is 116 Å². The zero-order chi connectivity index (χ0) is 15.8. The van der Waals surface area contributed by atoms with E-state index in [2.05, 4.69) is 23.0 Å². The van der Waals surface area contributed by atoms with Gasteiger partial charge in [0.15, 0.2) is 0 Å². The van der Waals surface area contributed by atoms with Gasteiger partial charge < -0.3 is 10.1 Å². The number of carbonyl (C=O) groups excluding carboxylic acids is 2. The Morgan fingerprint density at radius 2 is 2.33 bits per heavy atom. The average Bonchev–Trinajstić information content (AvgIpc) is 2.91.